The van der Waals surface area contributed by atoms with Crippen LogP contribution in [0.15, 0.2) is 12.1 Å². The van der Waals surface area contributed by atoms with Crippen molar-refractivity contribution >= 4 is 17.7 Å². The minimum Gasteiger partial charge on any atom is -0.444 e. The van der Waals surface area contributed by atoms with Crippen LogP contribution in [0.3, 0.4) is 0 Å². The van der Waals surface area contributed by atoms with Gasteiger partial charge in [0.2, 0.25) is 0 Å². The Labute approximate surface area is 170 Å². The molecule has 0 saturated carbocycles. The maximum absolute atomic E-state index is 12.2. The van der Waals surface area contributed by atoms with Crippen LogP contribution in [0.4, 0.5) is 4.79 Å². The predicted octanol–water partition coefficient (Wildman–Crippen LogP) is 6.53. The Bertz CT molecular complexity index is 665. The molecule has 152 valence electrons. The van der Waals surface area contributed by atoms with Crippen molar-refractivity contribution in [3.63, 3.8) is 0 Å². The SMILES string of the molecule is CC(C)C.Cc1cc2c(cc1Cl)C1(CC2)CCN(C(=O)OC(C)(C)C)CC1. The standard InChI is InChI=1S/C19H26ClNO2.C4H10/c1-13-11-14-5-6-19(15(14)12-16(13)20)7-9-21(10-8-19)17(22)23-18(2,3)4;1-4(2)3/h11-12H,5-10H2,1-4H3;4H,1-3H3. The summed E-state index contributed by atoms with van der Waals surface area (Å²) < 4.78 is 5.50. The van der Waals surface area contributed by atoms with E-state index in [0.29, 0.717) is 0 Å². The van der Waals surface area contributed by atoms with E-state index in [1.807, 2.05) is 25.7 Å². The first-order valence-electron chi connectivity index (χ1n) is 10.2. The lowest BCUT2D eigenvalue weighted by atomic mass is 9.74. The fourth-order valence-electron chi connectivity index (χ4n) is 3.91. The molecular formula is C23H36ClNO2. The van der Waals surface area contributed by atoms with E-state index in [1.165, 1.54) is 17.5 Å². The first-order valence-corrected chi connectivity index (χ1v) is 10.6. The van der Waals surface area contributed by atoms with Gasteiger partial charge in [-0.15, -0.1) is 0 Å². The summed E-state index contributed by atoms with van der Waals surface area (Å²) in [5, 5.41) is 0.861. The molecule has 1 saturated heterocycles. The van der Waals surface area contributed by atoms with E-state index in [9.17, 15) is 4.79 Å². The first-order chi connectivity index (χ1) is 12.4. The summed E-state index contributed by atoms with van der Waals surface area (Å²) in [5.74, 6) is 0.833. The fourth-order valence-corrected chi connectivity index (χ4v) is 4.08. The van der Waals surface area contributed by atoms with E-state index in [4.69, 9.17) is 16.3 Å². The van der Waals surface area contributed by atoms with Crippen molar-refractivity contribution in [3.8, 4) is 0 Å². The smallest absolute Gasteiger partial charge is 0.410 e. The molecule has 1 fully saturated rings. The third-order valence-electron chi connectivity index (χ3n) is 5.20. The lowest BCUT2D eigenvalue weighted by Crippen LogP contribution is -2.46. The van der Waals surface area contributed by atoms with Crippen LogP contribution in [0.2, 0.25) is 5.02 Å². The van der Waals surface area contributed by atoms with Crippen molar-refractivity contribution < 1.29 is 9.53 Å². The Kier molecular flexibility index (Phi) is 6.89. The Hall–Kier alpha value is -1.22. The molecule has 4 heteroatoms. The van der Waals surface area contributed by atoms with Crippen LogP contribution in [0.5, 0.6) is 0 Å². The maximum atomic E-state index is 12.2. The molecule has 1 aromatic rings. The molecular weight excluding hydrogens is 358 g/mol. The Morgan fingerprint density at radius 2 is 1.70 bits per heavy atom. The average Bonchev–Trinajstić information content (AvgIpc) is 2.84. The molecule has 1 heterocycles. The summed E-state index contributed by atoms with van der Waals surface area (Å²) in [7, 11) is 0. The van der Waals surface area contributed by atoms with E-state index >= 15 is 0 Å². The number of rotatable bonds is 0. The van der Waals surface area contributed by atoms with Gasteiger partial charge < -0.3 is 9.64 Å². The van der Waals surface area contributed by atoms with Crippen LogP contribution in [0.1, 0.15) is 77.5 Å². The van der Waals surface area contributed by atoms with Crippen LogP contribution in [-0.2, 0) is 16.6 Å². The summed E-state index contributed by atoms with van der Waals surface area (Å²) in [6.07, 6.45) is 4.11. The molecule has 2 aliphatic rings. The van der Waals surface area contributed by atoms with Crippen molar-refractivity contribution in [1.29, 1.82) is 0 Å². The Morgan fingerprint density at radius 3 is 2.22 bits per heavy atom. The van der Waals surface area contributed by atoms with Gasteiger partial charge in [-0.05, 0) is 87.5 Å². The van der Waals surface area contributed by atoms with Crippen LogP contribution in [0.25, 0.3) is 0 Å². The van der Waals surface area contributed by atoms with Crippen LogP contribution < -0.4 is 0 Å². The molecule has 1 spiro atoms. The number of aryl methyl sites for hydroxylation is 2. The van der Waals surface area contributed by atoms with E-state index in [0.717, 1.165) is 48.9 Å². The molecule has 1 aliphatic heterocycles. The highest BCUT2D eigenvalue weighted by Gasteiger charge is 2.42. The topological polar surface area (TPSA) is 29.5 Å². The molecule has 0 N–H and O–H groups in total. The molecule has 0 bridgehead atoms. The summed E-state index contributed by atoms with van der Waals surface area (Å²) in [6.45, 7) is 15.8. The van der Waals surface area contributed by atoms with Crippen molar-refractivity contribution in [2.24, 2.45) is 5.92 Å². The second-order valence-corrected chi connectivity index (χ2v) is 10.1. The molecule has 0 unspecified atom stereocenters. The lowest BCUT2D eigenvalue weighted by molar-refractivity contribution is 0.0164. The second kappa shape index (κ2) is 8.43. The van der Waals surface area contributed by atoms with Gasteiger partial charge in [0.15, 0.2) is 0 Å². The molecule has 1 amide bonds. The number of ether oxygens (including phenoxy) is 1. The van der Waals surface area contributed by atoms with E-state index in [2.05, 4.69) is 39.8 Å². The molecule has 1 aliphatic carbocycles. The molecule has 0 atom stereocenters. The highest BCUT2D eigenvalue weighted by atomic mass is 35.5. The third kappa shape index (κ3) is 5.63. The molecule has 1 aromatic carbocycles. The number of nitrogens with zero attached hydrogens (tertiary/aromatic N) is 1. The van der Waals surface area contributed by atoms with Gasteiger partial charge in [0.25, 0.3) is 0 Å². The number of amides is 1. The first kappa shape index (κ1) is 22.1. The zero-order valence-electron chi connectivity index (χ0n) is 18.1. The number of likely N-dealkylation sites (tertiary alicyclic amines) is 1. The number of piperidine rings is 1. The second-order valence-electron chi connectivity index (χ2n) is 9.74. The van der Waals surface area contributed by atoms with Crippen molar-refractivity contribution in [2.45, 2.75) is 85.2 Å². The molecule has 3 nitrogen and oxygen atoms in total. The minimum atomic E-state index is -0.433. The monoisotopic (exact) mass is 393 g/mol. The lowest BCUT2D eigenvalue weighted by Gasteiger charge is -2.40. The number of fused-ring (bicyclic) bond motifs is 2. The largest absolute Gasteiger partial charge is 0.444 e. The van der Waals surface area contributed by atoms with Gasteiger partial charge in [0.1, 0.15) is 5.60 Å². The van der Waals surface area contributed by atoms with Gasteiger partial charge in [-0.1, -0.05) is 38.4 Å². The van der Waals surface area contributed by atoms with Crippen LogP contribution in [0, 0.1) is 12.8 Å². The zero-order valence-corrected chi connectivity index (χ0v) is 18.9. The van der Waals surface area contributed by atoms with Crippen molar-refractivity contribution in [2.75, 3.05) is 13.1 Å². The van der Waals surface area contributed by atoms with Gasteiger partial charge in [-0.25, -0.2) is 4.79 Å². The summed E-state index contributed by atoms with van der Waals surface area (Å²) >= 11 is 6.36. The highest BCUT2D eigenvalue weighted by Crippen LogP contribution is 2.47. The van der Waals surface area contributed by atoms with E-state index < -0.39 is 5.60 Å². The van der Waals surface area contributed by atoms with E-state index in [-0.39, 0.29) is 11.5 Å². The quantitative estimate of drug-likeness (QED) is 0.501. The number of carbonyl (C=O) groups is 1. The van der Waals surface area contributed by atoms with Gasteiger partial charge in [-0.3, -0.25) is 0 Å². The Balaban J connectivity index is 0.000000596. The number of carbonyl (C=O) groups excluding carboxylic acids is 1. The minimum absolute atomic E-state index is 0.187. The number of hydrogen-bond acceptors (Lipinski definition) is 2. The zero-order chi connectivity index (χ0) is 20.4. The van der Waals surface area contributed by atoms with Gasteiger partial charge >= 0.3 is 6.09 Å². The summed E-state index contributed by atoms with van der Waals surface area (Å²) in [4.78, 5) is 14.1. The fraction of sp³-hybridized carbons (Fsp3) is 0.696. The third-order valence-corrected chi connectivity index (χ3v) is 5.61. The Morgan fingerprint density at radius 1 is 1.15 bits per heavy atom. The van der Waals surface area contributed by atoms with Crippen LogP contribution >= 0.6 is 11.6 Å². The maximum Gasteiger partial charge on any atom is 0.410 e. The van der Waals surface area contributed by atoms with Crippen molar-refractivity contribution in [3.05, 3.63) is 33.8 Å². The average molecular weight is 394 g/mol. The van der Waals surface area contributed by atoms with Crippen LogP contribution in [-0.4, -0.2) is 29.7 Å². The van der Waals surface area contributed by atoms with Gasteiger partial charge in [0.05, 0.1) is 0 Å². The molecule has 3 rings (SSSR count). The molecule has 0 aromatic heterocycles. The van der Waals surface area contributed by atoms with E-state index in [1.54, 1.807) is 0 Å². The highest BCUT2D eigenvalue weighted by molar-refractivity contribution is 6.31. The normalized spacial score (nSPS) is 18.2. The molecule has 0 radical (unpaired) electrons. The number of hydrogen-bond donors (Lipinski definition) is 0. The predicted molar refractivity (Wildman–Crippen MR) is 114 cm³/mol. The number of halogens is 1. The van der Waals surface area contributed by atoms with Crippen molar-refractivity contribution in [1.82, 2.24) is 4.90 Å². The van der Waals surface area contributed by atoms with Gasteiger partial charge in [0, 0.05) is 18.1 Å². The number of benzene rings is 1. The van der Waals surface area contributed by atoms with Gasteiger partial charge in [-0.2, -0.15) is 0 Å². The summed E-state index contributed by atoms with van der Waals surface area (Å²) in [5.41, 5.74) is 3.78. The molecule has 27 heavy (non-hydrogen) atoms. The summed E-state index contributed by atoms with van der Waals surface area (Å²) in [6, 6.07) is 4.41.